The predicted molar refractivity (Wildman–Crippen MR) is 75.7 cm³/mol. The molecular weight excluding hydrogens is 234 g/mol. The summed E-state index contributed by atoms with van der Waals surface area (Å²) >= 11 is 0. The van der Waals surface area contributed by atoms with Crippen LogP contribution in [0.25, 0.3) is 0 Å². The number of aryl methyl sites for hydroxylation is 1. The van der Waals surface area contributed by atoms with Crippen molar-refractivity contribution in [3.8, 4) is 6.07 Å². The van der Waals surface area contributed by atoms with Gasteiger partial charge >= 0.3 is 0 Å². The minimum atomic E-state index is -0.598. The average Bonchev–Trinajstić information content (AvgIpc) is 2.91. The number of Topliss-reactive ketones (excluding diaryl/α,β-unsaturated/α-hetero) is 1. The number of nitrogens with zero attached hydrogens (tertiary/aromatic N) is 1. The second kappa shape index (κ2) is 5.57. The summed E-state index contributed by atoms with van der Waals surface area (Å²) in [6, 6.07) is 9.99. The van der Waals surface area contributed by atoms with Crippen molar-refractivity contribution in [1.29, 1.82) is 5.26 Å². The third kappa shape index (κ3) is 2.42. The van der Waals surface area contributed by atoms with Crippen LogP contribution in [0.1, 0.15) is 56.1 Å². The number of ketones is 1. The molecule has 1 fully saturated rings. The van der Waals surface area contributed by atoms with Gasteiger partial charge in [-0.25, -0.2) is 0 Å². The third-order valence-electron chi connectivity index (χ3n) is 4.65. The minimum Gasteiger partial charge on any atom is -0.297 e. The molecule has 0 aromatic heterocycles. The SMILES string of the molecule is CCC1(C(=O)C(C#N)c2ccccc2C)CCCC1. The maximum atomic E-state index is 12.9. The molecule has 0 saturated heterocycles. The van der Waals surface area contributed by atoms with Crippen molar-refractivity contribution < 1.29 is 4.79 Å². The van der Waals surface area contributed by atoms with Crippen LogP contribution >= 0.6 is 0 Å². The Labute approximate surface area is 115 Å². The quantitative estimate of drug-likeness (QED) is 0.811. The van der Waals surface area contributed by atoms with Gasteiger partial charge in [-0.3, -0.25) is 4.79 Å². The Morgan fingerprint density at radius 3 is 2.53 bits per heavy atom. The van der Waals surface area contributed by atoms with Gasteiger partial charge in [0.05, 0.1) is 6.07 Å². The largest absolute Gasteiger partial charge is 0.297 e. The van der Waals surface area contributed by atoms with Crippen LogP contribution in [0.3, 0.4) is 0 Å². The molecule has 0 spiro atoms. The van der Waals surface area contributed by atoms with Crippen LogP contribution in [-0.2, 0) is 4.79 Å². The van der Waals surface area contributed by atoms with Gasteiger partial charge < -0.3 is 0 Å². The van der Waals surface area contributed by atoms with Crippen molar-refractivity contribution in [2.45, 2.75) is 51.9 Å². The Kier molecular flexibility index (Phi) is 4.04. The van der Waals surface area contributed by atoms with Gasteiger partial charge in [0, 0.05) is 5.41 Å². The number of nitriles is 1. The molecule has 2 nitrogen and oxygen atoms in total. The molecule has 1 aliphatic rings. The van der Waals surface area contributed by atoms with Gasteiger partial charge in [0.25, 0.3) is 0 Å². The first-order valence-corrected chi connectivity index (χ1v) is 7.14. The summed E-state index contributed by atoms with van der Waals surface area (Å²) in [7, 11) is 0. The minimum absolute atomic E-state index is 0.143. The van der Waals surface area contributed by atoms with Crippen LogP contribution in [0.15, 0.2) is 24.3 Å². The van der Waals surface area contributed by atoms with Crippen LogP contribution < -0.4 is 0 Å². The highest BCUT2D eigenvalue weighted by atomic mass is 16.1. The van der Waals surface area contributed by atoms with E-state index >= 15 is 0 Å². The molecule has 0 radical (unpaired) electrons. The summed E-state index contributed by atoms with van der Waals surface area (Å²) in [5, 5.41) is 9.47. The average molecular weight is 255 g/mol. The molecule has 0 bridgehead atoms. The normalized spacial score (nSPS) is 18.8. The van der Waals surface area contributed by atoms with Crippen molar-refractivity contribution in [3.63, 3.8) is 0 Å². The fourth-order valence-electron chi connectivity index (χ4n) is 3.31. The molecule has 0 aliphatic heterocycles. The highest BCUT2D eigenvalue weighted by Crippen LogP contribution is 2.45. The first-order chi connectivity index (χ1) is 9.14. The van der Waals surface area contributed by atoms with E-state index in [2.05, 4.69) is 13.0 Å². The van der Waals surface area contributed by atoms with E-state index in [1.165, 1.54) is 0 Å². The molecule has 1 aromatic carbocycles. The van der Waals surface area contributed by atoms with Gasteiger partial charge in [0.15, 0.2) is 5.78 Å². The number of hydrogen-bond donors (Lipinski definition) is 0. The van der Waals surface area contributed by atoms with Crippen LogP contribution in [0, 0.1) is 23.7 Å². The summed E-state index contributed by atoms with van der Waals surface area (Å²) in [4.78, 5) is 12.9. The maximum absolute atomic E-state index is 12.9. The van der Waals surface area contributed by atoms with Crippen molar-refractivity contribution in [1.82, 2.24) is 0 Å². The second-order valence-corrected chi connectivity index (χ2v) is 5.62. The summed E-state index contributed by atoms with van der Waals surface area (Å²) < 4.78 is 0. The van der Waals surface area contributed by atoms with E-state index in [9.17, 15) is 10.1 Å². The molecule has 1 unspecified atom stereocenters. The second-order valence-electron chi connectivity index (χ2n) is 5.62. The molecule has 19 heavy (non-hydrogen) atoms. The van der Waals surface area contributed by atoms with Crippen LogP contribution in [-0.4, -0.2) is 5.78 Å². The predicted octanol–water partition coefficient (Wildman–Crippen LogP) is 4.14. The Balaban J connectivity index is 2.36. The molecule has 1 aromatic rings. The van der Waals surface area contributed by atoms with Gasteiger partial charge in [0.1, 0.15) is 5.92 Å². The summed E-state index contributed by atoms with van der Waals surface area (Å²) in [6.07, 6.45) is 4.99. The lowest BCUT2D eigenvalue weighted by Gasteiger charge is -2.28. The lowest BCUT2D eigenvalue weighted by atomic mass is 9.72. The van der Waals surface area contributed by atoms with E-state index in [1.807, 2.05) is 31.2 Å². The standard InChI is InChI=1S/C17H21NO/c1-3-17(10-6-7-11-17)16(19)15(12-18)14-9-5-4-8-13(14)2/h4-5,8-9,15H,3,6-7,10-11H2,1-2H3. The molecule has 1 saturated carbocycles. The lowest BCUT2D eigenvalue weighted by molar-refractivity contribution is -0.129. The number of rotatable bonds is 4. The number of carbonyl (C=O) groups is 1. The molecule has 1 atom stereocenters. The van der Waals surface area contributed by atoms with Gasteiger partial charge in [-0.2, -0.15) is 5.26 Å². The molecule has 1 aliphatic carbocycles. The van der Waals surface area contributed by atoms with Crippen LogP contribution in [0.4, 0.5) is 0 Å². The first kappa shape index (κ1) is 13.8. The molecular formula is C17H21NO. The van der Waals surface area contributed by atoms with Crippen molar-refractivity contribution >= 4 is 5.78 Å². The van der Waals surface area contributed by atoms with Gasteiger partial charge in [-0.15, -0.1) is 0 Å². The first-order valence-electron chi connectivity index (χ1n) is 7.14. The Hall–Kier alpha value is -1.62. The van der Waals surface area contributed by atoms with Crippen molar-refractivity contribution in [2.24, 2.45) is 5.41 Å². The van der Waals surface area contributed by atoms with E-state index in [4.69, 9.17) is 0 Å². The molecule has 0 amide bonds. The number of hydrogen-bond acceptors (Lipinski definition) is 2. The Morgan fingerprint density at radius 1 is 1.37 bits per heavy atom. The fraction of sp³-hybridized carbons (Fsp3) is 0.529. The summed E-state index contributed by atoms with van der Waals surface area (Å²) in [5.41, 5.74) is 1.67. The molecule has 0 N–H and O–H groups in total. The summed E-state index contributed by atoms with van der Waals surface area (Å²) in [5.74, 6) is -0.455. The topological polar surface area (TPSA) is 40.9 Å². The van der Waals surface area contributed by atoms with E-state index in [-0.39, 0.29) is 11.2 Å². The smallest absolute Gasteiger partial charge is 0.160 e. The lowest BCUT2D eigenvalue weighted by Crippen LogP contribution is -2.32. The van der Waals surface area contributed by atoms with Crippen molar-refractivity contribution in [2.75, 3.05) is 0 Å². The third-order valence-corrected chi connectivity index (χ3v) is 4.65. The van der Waals surface area contributed by atoms with E-state index in [1.54, 1.807) is 0 Å². The zero-order valence-corrected chi connectivity index (χ0v) is 11.8. The Morgan fingerprint density at radius 2 is 2.00 bits per heavy atom. The summed E-state index contributed by atoms with van der Waals surface area (Å²) in [6.45, 7) is 4.05. The van der Waals surface area contributed by atoms with E-state index in [0.29, 0.717) is 0 Å². The van der Waals surface area contributed by atoms with E-state index in [0.717, 1.165) is 43.2 Å². The highest BCUT2D eigenvalue weighted by Gasteiger charge is 2.43. The van der Waals surface area contributed by atoms with Crippen LogP contribution in [0.2, 0.25) is 0 Å². The maximum Gasteiger partial charge on any atom is 0.160 e. The van der Waals surface area contributed by atoms with Gasteiger partial charge in [-0.1, -0.05) is 44.0 Å². The molecule has 2 heteroatoms. The van der Waals surface area contributed by atoms with E-state index < -0.39 is 5.92 Å². The van der Waals surface area contributed by atoms with Crippen LogP contribution in [0.5, 0.6) is 0 Å². The zero-order valence-electron chi connectivity index (χ0n) is 11.8. The van der Waals surface area contributed by atoms with Gasteiger partial charge in [0.2, 0.25) is 0 Å². The molecule has 2 rings (SSSR count). The van der Waals surface area contributed by atoms with Gasteiger partial charge in [-0.05, 0) is 37.3 Å². The Bertz CT molecular complexity index is 506. The van der Waals surface area contributed by atoms with Crippen molar-refractivity contribution in [3.05, 3.63) is 35.4 Å². The number of carbonyl (C=O) groups excluding carboxylic acids is 1. The zero-order chi connectivity index (χ0) is 13.9. The molecule has 100 valence electrons. The molecule has 0 heterocycles. The monoisotopic (exact) mass is 255 g/mol. The number of benzene rings is 1. The fourth-order valence-corrected chi connectivity index (χ4v) is 3.31. The highest BCUT2D eigenvalue weighted by molar-refractivity contribution is 5.93.